The maximum absolute atomic E-state index is 13.4. The third-order valence-corrected chi connectivity index (χ3v) is 5.08. The second kappa shape index (κ2) is 9.81. The minimum atomic E-state index is -0.598. The summed E-state index contributed by atoms with van der Waals surface area (Å²) in [7, 11) is 0. The Morgan fingerprint density at radius 2 is 1.77 bits per heavy atom. The van der Waals surface area contributed by atoms with Crippen molar-refractivity contribution in [2.45, 2.75) is 51.4 Å². The van der Waals surface area contributed by atoms with E-state index in [1.165, 1.54) is 12.1 Å². The van der Waals surface area contributed by atoms with Gasteiger partial charge in [-0.3, -0.25) is 0 Å². The SMILES string of the molecule is CC(C)(C)OC(=O)N1CC[C@H](NC(=O)OCc2ccccc2)[C@@H](c2ccc(F)cc2)C1. The molecule has 166 valence electrons. The second-order valence-electron chi connectivity index (χ2n) is 8.69. The molecule has 1 aliphatic rings. The van der Waals surface area contributed by atoms with Crippen LogP contribution in [0.4, 0.5) is 14.0 Å². The highest BCUT2D eigenvalue weighted by Gasteiger charge is 2.35. The molecule has 0 saturated carbocycles. The van der Waals surface area contributed by atoms with Gasteiger partial charge in [0, 0.05) is 25.0 Å². The van der Waals surface area contributed by atoms with E-state index in [0.717, 1.165) is 11.1 Å². The van der Waals surface area contributed by atoms with Gasteiger partial charge in [0.15, 0.2) is 0 Å². The Morgan fingerprint density at radius 3 is 2.42 bits per heavy atom. The lowest BCUT2D eigenvalue weighted by molar-refractivity contribution is 0.0175. The van der Waals surface area contributed by atoms with E-state index in [4.69, 9.17) is 9.47 Å². The van der Waals surface area contributed by atoms with E-state index in [2.05, 4.69) is 5.32 Å². The van der Waals surface area contributed by atoms with Crippen molar-refractivity contribution in [2.24, 2.45) is 0 Å². The van der Waals surface area contributed by atoms with Gasteiger partial charge in [0.25, 0.3) is 0 Å². The molecule has 2 aromatic carbocycles. The number of likely N-dealkylation sites (tertiary alicyclic amines) is 1. The average molecular weight is 429 g/mol. The first-order valence-corrected chi connectivity index (χ1v) is 10.4. The highest BCUT2D eigenvalue weighted by molar-refractivity contribution is 5.69. The summed E-state index contributed by atoms with van der Waals surface area (Å²) in [6.07, 6.45) is -0.391. The Morgan fingerprint density at radius 1 is 1.10 bits per heavy atom. The van der Waals surface area contributed by atoms with Crippen molar-refractivity contribution in [1.82, 2.24) is 10.2 Å². The number of alkyl carbamates (subject to hydrolysis) is 1. The minimum absolute atomic E-state index is 0.171. The van der Waals surface area contributed by atoms with Gasteiger partial charge in [-0.15, -0.1) is 0 Å². The van der Waals surface area contributed by atoms with Crippen LogP contribution >= 0.6 is 0 Å². The van der Waals surface area contributed by atoms with Crippen LogP contribution in [0.2, 0.25) is 0 Å². The molecule has 1 heterocycles. The molecule has 2 atom stereocenters. The standard InChI is InChI=1S/C24H29FN2O4/c1-24(2,3)31-23(29)27-14-13-21(20(15-27)18-9-11-19(25)12-10-18)26-22(28)30-16-17-7-5-4-6-8-17/h4-12,20-21H,13-16H2,1-3H3,(H,26,28)/t20-,21+/m1/s1. The predicted molar refractivity (Wildman–Crippen MR) is 115 cm³/mol. The summed E-state index contributed by atoms with van der Waals surface area (Å²) in [5, 5.41) is 2.93. The summed E-state index contributed by atoms with van der Waals surface area (Å²) in [6.45, 7) is 6.42. The average Bonchev–Trinajstić information content (AvgIpc) is 2.73. The van der Waals surface area contributed by atoms with Gasteiger partial charge in [-0.1, -0.05) is 42.5 Å². The van der Waals surface area contributed by atoms with E-state index in [1.807, 2.05) is 51.1 Å². The van der Waals surface area contributed by atoms with Gasteiger partial charge in [0.1, 0.15) is 18.0 Å². The van der Waals surface area contributed by atoms with Gasteiger partial charge in [0.05, 0.1) is 0 Å². The van der Waals surface area contributed by atoms with Gasteiger partial charge < -0.3 is 19.7 Å². The third kappa shape index (κ3) is 6.70. The summed E-state index contributed by atoms with van der Waals surface area (Å²) in [6, 6.07) is 15.3. The van der Waals surface area contributed by atoms with Crippen molar-refractivity contribution >= 4 is 12.2 Å². The first-order valence-electron chi connectivity index (χ1n) is 10.4. The number of ether oxygens (including phenoxy) is 2. The Hall–Kier alpha value is -3.09. The fraction of sp³-hybridized carbons (Fsp3) is 0.417. The molecule has 0 unspecified atom stereocenters. The third-order valence-electron chi connectivity index (χ3n) is 5.08. The van der Waals surface area contributed by atoms with Gasteiger partial charge >= 0.3 is 12.2 Å². The quantitative estimate of drug-likeness (QED) is 0.756. The molecule has 0 spiro atoms. The zero-order chi connectivity index (χ0) is 22.4. The zero-order valence-electron chi connectivity index (χ0n) is 18.1. The number of rotatable bonds is 4. The lowest BCUT2D eigenvalue weighted by atomic mass is 9.86. The van der Waals surface area contributed by atoms with Gasteiger partial charge in [-0.25, -0.2) is 14.0 Å². The molecule has 6 nitrogen and oxygen atoms in total. The molecule has 0 radical (unpaired) electrons. The van der Waals surface area contributed by atoms with Crippen LogP contribution in [0.1, 0.15) is 44.2 Å². The van der Waals surface area contributed by atoms with E-state index in [9.17, 15) is 14.0 Å². The molecule has 3 rings (SSSR count). The fourth-order valence-electron chi connectivity index (χ4n) is 3.58. The van der Waals surface area contributed by atoms with E-state index in [0.29, 0.717) is 19.5 Å². The highest BCUT2D eigenvalue weighted by atomic mass is 19.1. The van der Waals surface area contributed by atoms with Crippen molar-refractivity contribution in [3.05, 3.63) is 71.5 Å². The largest absolute Gasteiger partial charge is 0.445 e. The molecule has 1 aliphatic heterocycles. The van der Waals surface area contributed by atoms with Crippen molar-refractivity contribution in [2.75, 3.05) is 13.1 Å². The summed E-state index contributed by atoms with van der Waals surface area (Å²) < 4.78 is 24.3. The maximum Gasteiger partial charge on any atom is 0.410 e. The molecule has 0 aliphatic carbocycles. The smallest absolute Gasteiger partial charge is 0.410 e. The number of carbonyl (C=O) groups excluding carboxylic acids is 2. The van der Waals surface area contributed by atoms with Crippen LogP contribution in [0, 0.1) is 5.82 Å². The second-order valence-corrected chi connectivity index (χ2v) is 8.69. The normalized spacial score (nSPS) is 18.9. The van der Waals surface area contributed by atoms with Crippen molar-refractivity contribution in [3.8, 4) is 0 Å². The van der Waals surface area contributed by atoms with Gasteiger partial charge in [-0.2, -0.15) is 0 Å². The summed E-state index contributed by atoms with van der Waals surface area (Å²) in [5.41, 5.74) is 1.13. The van der Waals surface area contributed by atoms with Crippen LogP contribution in [-0.2, 0) is 16.1 Å². The van der Waals surface area contributed by atoms with Crippen LogP contribution in [0.5, 0.6) is 0 Å². The first kappa shape index (κ1) is 22.6. The number of hydrogen-bond donors (Lipinski definition) is 1. The minimum Gasteiger partial charge on any atom is -0.445 e. The van der Waals surface area contributed by atoms with E-state index in [1.54, 1.807) is 17.0 Å². The molecular formula is C24H29FN2O4. The Kier molecular flexibility index (Phi) is 7.15. The van der Waals surface area contributed by atoms with Crippen molar-refractivity contribution in [3.63, 3.8) is 0 Å². The summed E-state index contributed by atoms with van der Waals surface area (Å²) in [4.78, 5) is 26.6. The number of nitrogens with one attached hydrogen (secondary N) is 1. The number of hydrogen-bond acceptors (Lipinski definition) is 4. The molecule has 2 aromatic rings. The number of halogens is 1. The lowest BCUT2D eigenvalue weighted by Gasteiger charge is -2.39. The van der Waals surface area contributed by atoms with E-state index < -0.39 is 17.8 Å². The van der Waals surface area contributed by atoms with Gasteiger partial charge in [0.2, 0.25) is 0 Å². The van der Waals surface area contributed by atoms with Crippen LogP contribution < -0.4 is 5.32 Å². The lowest BCUT2D eigenvalue weighted by Crippen LogP contribution is -2.52. The number of piperidine rings is 1. The maximum atomic E-state index is 13.4. The molecule has 0 aromatic heterocycles. The van der Waals surface area contributed by atoms with Crippen molar-refractivity contribution in [1.29, 1.82) is 0 Å². The van der Waals surface area contributed by atoms with E-state index in [-0.39, 0.29) is 24.4 Å². The molecule has 1 N–H and O–H groups in total. The Balaban J connectivity index is 1.68. The Labute approximate surface area is 182 Å². The number of nitrogens with zero attached hydrogens (tertiary/aromatic N) is 1. The molecule has 1 saturated heterocycles. The predicted octanol–water partition coefficient (Wildman–Crippen LogP) is 4.85. The Bertz CT molecular complexity index is 881. The topological polar surface area (TPSA) is 67.9 Å². The monoisotopic (exact) mass is 428 g/mol. The summed E-state index contributed by atoms with van der Waals surface area (Å²) in [5.74, 6) is -0.554. The summed E-state index contributed by atoms with van der Waals surface area (Å²) >= 11 is 0. The van der Waals surface area contributed by atoms with Crippen LogP contribution in [0.25, 0.3) is 0 Å². The van der Waals surface area contributed by atoms with Crippen LogP contribution in [-0.4, -0.2) is 41.8 Å². The van der Waals surface area contributed by atoms with Crippen molar-refractivity contribution < 1.29 is 23.5 Å². The first-order chi connectivity index (χ1) is 14.7. The number of amides is 2. The fourth-order valence-corrected chi connectivity index (χ4v) is 3.58. The highest BCUT2D eigenvalue weighted by Crippen LogP contribution is 2.29. The number of benzene rings is 2. The molecule has 1 fully saturated rings. The van der Waals surface area contributed by atoms with Crippen LogP contribution in [0.3, 0.4) is 0 Å². The molecule has 7 heteroatoms. The van der Waals surface area contributed by atoms with Gasteiger partial charge in [-0.05, 0) is 50.5 Å². The van der Waals surface area contributed by atoms with Crippen LogP contribution in [0.15, 0.2) is 54.6 Å². The molecule has 31 heavy (non-hydrogen) atoms. The number of carbonyl (C=O) groups is 2. The molecular weight excluding hydrogens is 399 g/mol. The van der Waals surface area contributed by atoms with E-state index >= 15 is 0 Å². The molecule has 0 bridgehead atoms. The molecule has 2 amide bonds. The zero-order valence-corrected chi connectivity index (χ0v) is 18.1.